The molecule has 0 heterocycles. The normalized spacial score (nSPS) is 43.5. The summed E-state index contributed by atoms with van der Waals surface area (Å²) >= 11 is 0. The summed E-state index contributed by atoms with van der Waals surface area (Å²) in [6.45, 7) is 2.31. The number of benzene rings is 1. The van der Waals surface area contributed by atoms with Gasteiger partial charge in [0.1, 0.15) is 0 Å². The Bertz CT molecular complexity index is 787. The highest BCUT2D eigenvalue weighted by molar-refractivity contribution is 5.82. The monoisotopic (exact) mass is 408 g/mol. The van der Waals surface area contributed by atoms with Gasteiger partial charge in [-0.05, 0) is 73.7 Å². The highest BCUT2D eigenvalue weighted by atomic mass is 16.1. The van der Waals surface area contributed by atoms with Gasteiger partial charge in [0.25, 0.3) is 0 Å². The van der Waals surface area contributed by atoms with Crippen molar-refractivity contribution in [1.29, 1.82) is 0 Å². The van der Waals surface area contributed by atoms with Crippen molar-refractivity contribution in [3.8, 4) is 0 Å². The van der Waals surface area contributed by atoms with Gasteiger partial charge in [-0.1, -0.05) is 69.4 Å². The molecule has 4 N–H and O–H groups in total. The Balaban J connectivity index is 0.000000236. The lowest BCUT2D eigenvalue weighted by atomic mass is 9.43. The van der Waals surface area contributed by atoms with Crippen molar-refractivity contribution in [3.63, 3.8) is 0 Å². The van der Waals surface area contributed by atoms with Gasteiger partial charge in [-0.3, -0.25) is 4.79 Å². The number of rotatable bonds is 4. The average Bonchev–Trinajstić information content (AvgIpc) is 3.02. The first-order valence-electron chi connectivity index (χ1n) is 12.6. The van der Waals surface area contributed by atoms with Gasteiger partial charge in [0.2, 0.25) is 5.91 Å². The molecule has 3 heteroatoms. The minimum absolute atomic E-state index is 0.0119. The third-order valence-corrected chi connectivity index (χ3v) is 10.0. The van der Waals surface area contributed by atoms with E-state index in [0.717, 1.165) is 37.0 Å². The fourth-order valence-electron chi connectivity index (χ4n) is 9.03. The Morgan fingerprint density at radius 3 is 2.37 bits per heavy atom. The number of fused-ring (bicyclic) bond motifs is 2. The van der Waals surface area contributed by atoms with E-state index in [1.807, 2.05) is 0 Å². The lowest BCUT2D eigenvalue weighted by Gasteiger charge is -2.60. The predicted octanol–water partition coefficient (Wildman–Crippen LogP) is 5.31. The molecular formula is C27H40N2O. The zero-order valence-corrected chi connectivity index (χ0v) is 18.7. The Kier molecular flexibility index (Phi) is 5.04. The molecule has 1 aromatic carbocycles. The van der Waals surface area contributed by atoms with Crippen molar-refractivity contribution in [3.05, 3.63) is 35.9 Å². The van der Waals surface area contributed by atoms with Crippen LogP contribution in [0.5, 0.6) is 0 Å². The van der Waals surface area contributed by atoms with Crippen molar-refractivity contribution in [2.75, 3.05) is 0 Å². The smallest absolute Gasteiger partial charge is 0.223 e. The van der Waals surface area contributed by atoms with Crippen LogP contribution in [0.3, 0.4) is 0 Å². The van der Waals surface area contributed by atoms with Gasteiger partial charge in [0, 0.05) is 11.5 Å². The zero-order valence-electron chi connectivity index (χ0n) is 18.7. The molecule has 3 bridgehead atoms. The van der Waals surface area contributed by atoms with Crippen LogP contribution in [-0.4, -0.2) is 11.9 Å². The van der Waals surface area contributed by atoms with Crippen LogP contribution in [-0.2, 0) is 10.2 Å². The molecule has 0 aromatic heterocycles. The molecule has 0 saturated heterocycles. The van der Waals surface area contributed by atoms with Crippen molar-refractivity contribution >= 4 is 5.91 Å². The van der Waals surface area contributed by atoms with Crippen LogP contribution in [0, 0.1) is 28.6 Å². The van der Waals surface area contributed by atoms with Crippen LogP contribution in [0.15, 0.2) is 30.3 Å². The molecule has 1 amide bonds. The molecule has 1 spiro atoms. The first kappa shape index (κ1) is 20.5. The first-order chi connectivity index (χ1) is 14.5. The topological polar surface area (TPSA) is 69.1 Å². The van der Waals surface area contributed by atoms with Gasteiger partial charge in [0.15, 0.2) is 0 Å². The van der Waals surface area contributed by atoms with Crippen molar-refractivity contribution in [2.24, 2.45) is 40.1 Å². The summed E-state index contributed by atoms with van der Waals surface area (Å²) in [4.78, 5) is 12.5. The second-order valence-electron chi connectivity index (χ2n) is 11.4. The second-order valence-corrected chi connectivity index (χ2v) is 11.4. The standard InChI is InChI=1S/C21H27NO.C6H13N/c1-2-6-16-14-9-19(18(22)23)12-20(15-7-4-3-5-8-15)11-17(16)21(20,10-14)13-19;7-6-4-2-1-3-5-6/h3-5,7-8,14,16-17H,2,6,9-13H2,1H3,(H2,22,23);6H,1-5,7H2. The maximum absolute atomic E-state index is 12.5. The first-order valence-corrected chi connectivity index (χ1v) is 12.6. The number of carbonyl (C=O) groups excluding carboxylic acids is 1. The number of hydrogen-bond acceptors (Lipinski definition) is 2. The summed E-state index contributed by atoms with van der Waals surface area (Å²) in [5.74, 6) is 2.42. The SMILES string of the molecule is CCCC1C2CC3(C(N)=O)CC4(c5ccccc5)CC1C4(C2)C3.NC1CCCCC1. The number of carbonyl (C=O) groups is 1. The van der Waals surface area contributed by atoms with Gasteiger partial charge in [-0.2, -0.15) is 0 Å². The maximum atomic E-state index is 12.5. The Hall–Kier alpha value is -1.35. The fraction of sp³-hybridized carbons (Fsp3) is 0.741. The van der Waals surface area contributed by atoms with Crippen LogP contribution in [0.25, 0.3) is 0 Å². The fourth-order valence-corrected chi connectivity index (χ4v) is 9.03. The van der Waals surface area contributed by atoms with E-state index in [-0.39, 0.29) is 16.7 Å². The van der Waals surface area contributed by atoms with Crippen molar-refractivity contribution < 1.29 is 4.79 Å². The molecule has 6 rings (SSSR count). The zero-order chi connectivity index (χ0) is 21.0. The summed E-state index contributed by atoms with van der Waals surface area (Å²) in [7, 11) is 0. The Morgan fingerprint density at radius 2 is 1.77 bits per heavy atom. The van der Waals surface area contributed by atoms with Crippen molar-refractivity contribution in [2.45, 2.75) is 95.4 Å². The number of hydrogen-bond donors (Lipinski definition) is 2. The average molecular weight is 409 g/mol. The van der Waals surface area contributed by atoms with E-state index < -0.39 is 0 Å². The molecule has 5 aliphatic rings. The predicted molar refractivity (Wildman–Crippen MR) is 122 cm³/mol. The Labute approximate surface area is 182 Å². The largest absolute Gasteiger partial charge is 0.369 e. The minimum Gasteiger partial charge on any atom is -0.369 e. The van der Waals surface area contributed by atoms with Crippen LogP contribution in [0.1, 0.15) is 89.5 Å². The minimum atomic E-state index is -0.212. The molecule has 30 heavy (non-hydrogen) atoms. The number of primary amides is 1. The van der Waals surface area contributed by atoms with E-state index in [4.69, 9.17) is 11.5 Å². The maximum Gasteiger partial charge on any atom is 0.223 e. The Morgan fingerprint density at radius 1 is 1.03 bits per heavy atom. The van der Waals surface area contributed by atoms with E-state index >= 15 is 0 Å². The van der Waals surface area contributed by atoms with E-state index in [2.05, 4.69) is 37.3 Å². The third-order valence-electron chi connectivity index (χ3n) is 10.0. The van der Waals surface area contributed by atoms with E-state index in [0.29, 0.717) is 11.5 Å². The lowest BCUT2D eigenvalue weighted by Crippen LogP contribution is -2.56. The van der Waals surface area contributed by atoms with Crippen LogP contribution in [0.4, 0.5) is 0 Å². The molecule has 164 valence electrons. The van der Waals surface area contributed by atoms with E-state index in [1.54, 1.807) is 0 Å². The summed E-state index contributed by atoms with van der Waals surface area (Å²) in [5, 5.41) is 0. The molecule has 5 saturated carbocycles. The van der Waals surface area contributed by atoms with Gasteiger partial charge in [-0.15, -0.1) is 0 Å². The van der Waals surface area contributed by atoms with Crippen LogP contribution < -0.4 is 11.5 Å². The molecule has 0 aliphatic heterocycles. The number of amides is 1. The molecule has 1 aromatic rings. The third kappa shape index (κ3) is 2.76. The van der Waals surface area contributed by atoms with E-state index in [9.17, 15) is 4.79 Å². The molecule has 5 fully saturated rings. The van der Waals surface area contributed by atoms with E-state index in [1.165, 1.54) is 63.4 Å². The molecule has 5 aliphatic carbocycles. The molecule has 6 atom stereocenters. The molecule has 6 unspecified atom stereocenters. The van der Waals surface area contributed by atoms with Gasteiger partial charge in [-0.25, -0.2) is 0 Å². The van der Waals surface area contributed by atoms with Gasteiger partial charge < -0.3 is 11.5 Å². The second kappa shape index (κ2) is 7.36. The lowest BCUT2D eigenvalue weighted by molar-refractivity contribution is -0.129. The molecular weight excluding hydrogens is 368 g/mol. The summed E-state index contributed by atoms with van der Waals surface area (Å²) in [6, 6.07) is 11.6. The molecule has 3 nitrogen and oxygen atoms in total. The van der Waals surface area contributed by atoms with Gasteiger partial charge in [0.05, 0.1) is 5.41 Å². The summed E-state index contributed by atoms with van der Waals surface area (Å²) in [6.07, 6.45) is 15.1. The van der Waals surface area contributed by atoms with Gasteiger partial charge >= 0.3 is 0 Å². The molecule has 0 radical (unpaired) electrons. The quantitative estimate of drug-likeness (QED) is 0.708. The number of nitrogens with two attached hydrogens (primary N) is 2. The summed E-state index contributed by atoms with van der Waals surface area (Å²) < 4.78 is 0. The van der Waals surface area contributed by atoms with Crippen LogP contribution in [0.2, 0.25) is 0 Å². The highest BCUT2D eigenvalue weighted by Gasteiger charge is 2.81. The van der Waals surface area contributed by atoms with Crippen molar-refractivity contribution in [1.82, 2.24) is 0 Å². The van der Waals surface area contributed by atoms with Crippen LogP contribution >= 0.6 is 0 Å². The summed E-state index contributed by atoms with van der Waals surface area (Å²) in [5.41, 5.74) is 13.5. The highest BCUT2D eigenvalue weighted by Crippen LogP contribution is 2.85.